The summed E-state index contributed by atoms with van der Waals surface area (Å²) in [4.78, 5) is 20.8. The average Bonchev–Trinajstić information content (AvgIpc) is 3.39. The molecule has 0 fully saturated rings. The van der Waals surface area contributed by atoms with E-state index in [4.69, 9.17) is 10.5 Å². The quantitative estimate of drug-likeness (QED) is 0.463. The number of aromatic nitrogens is 6. The van der Waals surface area contributed by atoms with Gasteiger partial charge in [-0.1, -0.05) is 0 Å². The molecule has 0 spiro atoms. The SMILES string of the molecule is COc1ncc(-c2cc(C(F)(F)F)c3c(N)ncnn23)cc1C(=O)Nc1cnn(C(C)(C)C)c1. The van der Waals surface area contributed by atoms with Gasteiger partial charge in [-0.05, 0) is 32.9 Å². The zero-order chi connectivity index (χ0) is 24.8. The molecule has 0 radical (unpaired) electrons. The van der Waals surface area contributed by atoms with E-state index in [9.17, 15) is 18.0 Å². The van der Waals surface area contributed by atoms with Gasteiger partial charge < -0.3 is 15.8 Å². The lowest BCUT2D eigenvalue weighted by Gasteiger charge is -2.18. The van der Waals surface area contributed by atoms with Gasteiger partial charge in [0, 0.05) is 18.0 Å². The summed E-state index contributed by atoms with van der Waals surface area (Å²) in [5.41, 5.74) is 4.69. The number of methoxy groups -OCH3 is 1. The molecule has 4 aromatic heterocycles. The molecule has 34 heavy (non-hydrogen) atoms. The van der Waals surface area contributed by atoms with Crippen LogP contribution in [0.4, 0.5) is 24.7 Å². The van der Waals surface area contributed by atoms with Gasteiger partial charge in [0.15, 0.2) is 5.82 Å². The number of nitrogens with two attached hydrogens (primary N) is 1. The third-order valence-corrected chi connectivity index (χ3v) is 5.00. The van der Waals surface area contributed by atoms with Crippen LogP contribution < -0.4 is 15.8 Å². The van der Waals surface area contributed by atoms with Gasteiger partial charge in [-0.3, -0.25) is 9.48 Å². The van der Waals surface area contributed by atoms with Crippen LogP contribution in [0, 0.1) is 0 Å². The number of halogens is 3. The molecular weight excluding hydrogens is 453 g/mol. The molecule has 10 nitrogen and oxygen atoms in total. The first kappa shape index (κ1) is 23.0. The fourth-order valence-electron chi connectivity index (χ4n) is 3.36. The van der Waals surface area contributed by atoms with Crippen LogP contribution in [0.3, 0.4) is 0 Å². The number of amides is 1. The van der Waals surface area contributed by atoms with Crippen molar-refractivity contribution in [1.82, 2.24) is 29.4 Å². The number of pyridine rings is 1. The number of fused-ring (bicyclic) bond motifs is 1. The Morgan fingerprint density at radius 1 is 1.12 bits per heavy atom. The summed E-state index contributed by atoms with van der Waals surface area (Å²) in [6.07, 6.45) is 0.785. The molecule has 0 saturated carbocycles. The van der Waals surface area contributed by atoms with E-state index in [1.165, 1.54) is 25.6 Å². The molecule has 4 aromatic rings. The molecule has 0 aliphatic carbocycles. The molecule has 0 aromatic carbocycles. The van der Waals surface area contributed by atoms with Crippen molar-refractivity contribution in [1.29, 1.82) is 0 Å². The van der Waals surface area contributed by atoms with Crippen molar-refractivity contribution in [3.63, 3.8) is 0 Å². The number of nitrogen functional groups attached to an aromatic ring is 1. The van der Waals surface area contributed by atoms with E-state index in [1.54, 1.807) is 10.9 Å². The predicted octanol–water partition coefficient (Wildman–Crippen LogP) is 3.60. The Morgan fingerprint density at radius 2 is 1.85 bits per heavy atom. The number of carbonyl (C=O) groups excluding carboxylic acids is 1. The molecule has 0 aliphatic heterocycles. The van der Waals surface area contributed by atoms with Crippen LogP contribution in [-0.2, 0) is 11.7 Å². The van der Waals surface area contributed by atoms with Crippen LogP contribution >= 0.6 is 0 Å². The topological polar surface area (TPSA) is 125 Å². The highest BCUT2D eigenvalue weighted by Crippen LogP contribution is 2.39. The highest BCUT2D eigenvalue weighted by Gasteiger charge is 2.36. The van der Waals surface area contributed by atoms with Gasteiger partial charge in [0.1, 0.15) is 17.4 Å². The van der Waals surface area contributed by atoms with Crippen LogP contribution in [0.15, 0.2) is 37.1 Å². The largest absolute Gasteiger partial charge is 0.480 e. The first-order valence-corrected chi connectivity index (χ1v) is 10.0. The van der Waals surface area contributed by atoms with Gasteiger partial charge in [0.2, 0.25) is 5.88 Å². The Balaban J connectivity index is 1.78. The number of carbonyl (C=O) groups is 1. The number of rotatable bonds is 4. The molecule has 0 saturated heterocycles. The molecule has 1 amide bonds. The van der Waals surface area contributed by atoms with Gasteiger partial charge in [0.25, 0.3) is 5.91 Å². The van der Waals surface area contributed by atoms with E-state index in [0.717, 1.165) is 16.9 Å². The fraction of sp³-hybridized carbons (Fsp3) is 0.286. The molecular formula is C21H21F3N8O2. The zero-order valence-electron chi connectivity index (χ0n) is 18.7. The Kier molecular flexibility index (Phi) is 5.42. The van der Waals surface area contributed by atoms with Crippen molar-refractivity contribution < 1.29 is 22.7 Å². The summed E-state index contributed by atoms with van der Waals surface area (Å²) in [7, 11) is 1.33. The van der Waals surface area contributed by atoms with Gasteiger partial charge in [0.05, 0.1) is 35.8 Å². The normalized spacial score (nSPS) is 12.2. The summed E-state index contributed by atoms with van der Waals surface area (Å²) in [5, 5.41) is 10.9. The lowest BCUT2D eigenvalue weighted by atomic mass is 10.1. The second-order valence-electron chi connectivity index (χ2n) is 8.43. The van der Waals surface area contributed by atoms with Crippen LogP contribution in [0.25, 0.3) is 16.8 Å². The number of nitrogens with zero attached hydrogens (tertiary/aromatic N) is 6. The van der Waals surface area contributed by atoms with Crippen LogP contribution in [0.5, 0.6) is 5.88 Å². The second kappa shape index (κ2) is 8.01. The van der Waals surface area contributed by atoms with E-state index in [-0.39, 0.29) is 39.6 Å². The predicted molar refractivity (Wildman–Crippen MR) is 117 cm³/mol. The number of anilines is 2. The maximum atomic E-state index is 13.6. The van der Waals surface area contributed by atoms with Gasteiger partial charge in [-0.25, -0.2) is 14.5 Å². The molecule has 13 heteroatoms. The highest BCUT2D eigenvalue weighted by molar-refractivity contribution is 6.06. The van der Waals surface area contributed by atoms with Crippen LogP contribution in [-0.4, -0.2) is 42.4 Å². The van der Waals surface area contributed by atoms with E-state index in [0.29, 0.717) is 5.69 Å². The molecule has 0 aliphatic rings. The van der Waals surface area contributed by atoms with Gasteiger partial charge >= 0.3 is 6.18 Å². The molecule has 4 rings (SSSR count). The standard InChI is InChI=1S/C21H21F3N8O2/c1-20(2,3)31-9-12(8-28-31)30-18(33)13-5-11(7-26-19(13)34-4)15-6-14(21(22,23)24)16-17(25)27-10-29-32(15)16/h5-10H,1-4H3,(H,30,33)(H2,25,27,29). The lowest BCUT2D eigenvalue weighted by Crippen LogP contribution is -2.22. The van der Waals surface area contributed by atoms with Gasteiger partial charge in [-0.15, -0.1) is 0 Å². The minimum atomic E-state index is -4.70. The number of ether oxygens (including phenoxy) is 1. The lowest BCUT2D eigenvalue weighted by molar-refractivity contribution is -0.136. The van der Waals surface area contributed by atoms with Crippen molar-refractivity contribution in [2.75, 3.05) is 18.2 Å². The minimum Gasteiger partial charge on any atom is -0.480 e. The summed E-state index contributed by atoms with van der Waals surface area (Å²) in [6, 6.07) is 2.26. The average molecular weight is 474 g/mol. The van der Waals surface area contributed by atoms with Crippen LogP contribution in [0.1, 0.15) is 36.7 Å². The maximum Gasteiger partial charge on any atom is 0.418 e. The van der Waals surface area contributed by atoms with Crippen molar-refractivity contribution >= 4 is 22.9 Å². The Bertz CT molecular complexity index is 1390. The number of hydrogen-bond acceptors (Lipinski definition) is 7. The maximum absolute atomic E-state index is 13.6. The summed E-state index contributed by atoms with van der Waals surface area (Å²) >= 11 is 0. The zero-order valence-corrected chi connectivity index (χ0v) is 18.7. The van der Waals surface area contributed by atoms with E-state index < -0.39 is 17.6 Å². The van der Waals surface area contributed by atoms with E-state index in [2.05, 4.69) is 25.5 Å². The number of nitrogens with one attached hydrogen (secondary N) is 1. The van der Waals surface area contributed by atoms with Crippen molar-refractivity contribution in [2.24, 2.45) is 0 Å². The summed E-state index contributed by atoms with van der Waals surface area (Å²) in [5.74, 6) is -0.912. The highest BCUT2D eigenvalue weighted by atomic mass is 19.4. The third kappa shape index (κ3) is 4.11. The minimum absolute atomic E-state index is 0.00416. The van der Waals surface area contributed by atoms with E-state index >= 15 is 0 Å². The Labute approximate surface area is 191 Å². The molecule has 0 bridgehead atoms. The second-order valence-corrected chi connectivity index (χ2v) is 8.43. The van der Waals surface area contributed by atoms with Crippen LogP contribution in [0.2, 0.25) is 0 Å². The van der Waals surface area contributed by atoms with Crippen molar-refractivity contribution in [3.05, 3.63) is 48.2 Å². The summed E-state index contributed by atoms with van der Waals surface area (Å²) < 4.78 is 48.8. The molecule has 0 atom stereocenters. The molecule has 178 valence electrons. The third-order valence-electron chi connectivity index (χ3n) is 5.00. The monoisotopic (exact) mass is 474 g/mol. The van der Waals surface area contributed by atoms with Crippen molar-refractivity contribution in [3.8, 4) is 17.1 Å². The molecule has 0 unspecified atom stereocenters. The number of alkyl halides is 3. The van der Waals surface area contributed by atoms with Gasteiger partial charge in [-0.2, -0.15) is 23.4 Å². The Hall–Kier alpha value is -4.16. The smallest absolute Gasteiger partial charge is 0.418 e. The Morgan fingerprint density at radius 3 is 2.47 bits per heavy atom. The summed E-state index contributed by atoms with van der Waals surface area (Å²) in [6.45, 7) is 5.86. The molecule has 4 heterocycles. The molecule has 3 N–H and O–H groups in total. The fourth-order valence-corrected chi connectivity index (χ4v) is 3.36. The first-order chi connectivity index (χ1) is 15.9. The number of hydrogen-bond donors (Lipinski definition) is 2. The van der Waals surface area contributed by atoms with E-state index in [1.807, 2.05) is 20.8 Å². The first-order valence-electron chi connectivity index (χ1n) is 10.0. The van der Waals surface area contributed by atoms with Crippen molar-refractivity contribution in [2.45, 2.75) is 32.5 Å².